The Bertz CT molecular complexity index is 769. The molecule has 1 saturated heterocycles. The second-order valence-electron chi connectivity index (χ2n) is 7.77. The number of likely N-dealkylation sites (tertiary alicyclic amines) is 1. The summed E-state index contributed by atoms with van der Waals surface area (Å²) >= 11 is 0. The topological polar surface area (TPSA) is 56.0 Å². The van der Waals surface area contributed by atoms with Crippen molar-refractivity contribution in [2.45, 2.75) is 45.6 Å². The van der Waals surface area contributed by atoms with E-state index in [4.69, 9.17) is 0 Å². The molecule has 2 aromatic heterocycles. The molecular weight excluding hydrogens is 314 g/mol. The largest absolute Gasteiger partial charge is 0.342 e. The summed E-state index contributed by atoms with van der Waals surface area (Å²) in [7, 11) is 1.93. The van der Waals surface area contributed by atoms with Gasteiger partial charge in [-0.15, -0.1) is 0 Å². The van der Waals surface area contributed by atoms with E-state index in [1.165, 1.54) is 11.3 Å². The molecule has 2 fully saturated rings. The maximum absolute atomic E-state index is 12.8. The third-order valence-corrected chi connectivity index (χ3v) is 5.72. The van der Waals surface area contributed by atoms with E-state index < -0.39 is 0 Å². The van der Waals surface area contributed by atoms with Gasteiger partial charge >= 0.3 is 0 Å². The predicted molar refractivity (Wildman–Crippen MR) is 95.1 cm³/mol. The number of hydrogen-bond donors (Lipinski definition) is 0. The lowest BCUT2D eigenvalue weighted by Gasteiger charge is -2.32. The van der Waals surface area contributed by atoms with Crippen molar-refractivity contribution in [2.24, 2.45) is 18.9 Å². The van der Waals surface area contributed by atoms with Crippen LogP contribution in [0.15, 0.2) is 18.5 Å². The van der Waals surface area contributed by atoms with Gasteiger partial charge in [-0.25, -0.2) is 0 Å². The van der Waals surface area contributed by atoms with Gasteiger partial charge in [-0.3, -0.25) is 14.2 Å². The maximum atomic E-state index is 12.8. The average molecular weight is 341 g/mol. The number of carbonyl (C=O) groups excluding carboxylic acids is 1. The van der Waals surface area contributed by atoms with E-state index in [-0.39, 0.29) is 5.92 Å². The first-order chi connectivity index (χ1) is 12.0. The molecule has 134 valence electrons. The number of amides is 1. The molecule has 2 aromatic rings. The summed E-state index contributed by atoms with van der Waals surface area (Å²) in [5, 5.41) is 8.80. The van der Waals surface area contributed by atoms with Crippen molar-refractivity contribution in [2.75, 3.05) is 13.1 Å². The first-order valence-corrected chi connectivity index (χ1v) is 9.29. The Morgan fingerprint density at radius 1 is 1.28 bits per heavy atom. The van der Waals surface area contributed by atoms with Gasteiger partial charge in [-0.2, -0.15) is 10.2 Å². The van der Waals surface area contributed by atoms with Gasteiger partial charge in [0, 0.05) is 44.5 Å². The summed E-state index contributed by atoms with van der Waals surface area (Å²) in [6.07, 6.45) is 7.08. The first-order valence-electron chi connectivity index (χ1n) is 9.29. The number of aryl methyl sites for hydroxylation is 3. The lowest BCUT2D eigenvalue weighted by molar-refractivity contribution is -0.134. The minimum Gasteiger partial charge on any atom is -0.342 e. The van der Waals surface area contributed by atoms with Crippen molar-refractivity contribution in [3.63, 3.8) is 0 Å². The molecule has 2 aliphatic rings. The van der Waals surface area contributed by atoms with Gasteiger partial charge in [0.1, 0.15) is 0 Å². The number of aromatic nitrogens is 4. The normalized spacial score (nSPS) is 23.9. The molecule has 4 rings (SSSR count). The van der Waals surface area contributed by atoms with Gasteiger partial charge in [-0.05, 0) is 56.6 Å². The molecule has 6 heteroatoms. The summed E-state index contributed by atoms with van der Waals surface area (Å²) in [5.74, 6) is 1.53. The minimum absolute atomic E-state index is 0.178. The van der Waals surface area contributed by atoms with Gasteiger partial charge in [0.15, 0.2) is 0 Å². The fraction of sp³-hybridized carbons (Fsp3) is 0.632. The van der Waals surface area contributed by atoms with E-state index in [9.17, 15) is 4.79 Å². The van der Waals surface area contributed by atoms with Gasteiger partial charge < -0.3 is 4.90 Å². The molecule has 0 aromatic carbocycles. The van der Waals surface area contributed by atoms with E-state index >= 15 is 0 Å². The zero-order valence-corrected chi connectivity index (χ0v) is 15.4. The summed E-state index contributed by atoms with van der Waals surface area (Å²) in [6.45, 7) is 6.91. The first kappa shape index (κ1) is 16.4. The van der Waals surface area contributed by atoms with Crippen LogP contribution in [0, 0.1) is 25.7 Å². The summed E-state index contributed by atoms with van der Waals surface area (Å²) in [5.41, 5.74) is 3.52. The molecule has 0 spiro atoms. The van der Waals surface area contributed by atoms with Crippen LogP contribution in [-0.4, -0.2) is 43.5 Å². The van der Waals surface area contributed by atoms with Crippen molar-refractivity contribution in [1.29, 1.82) is 0 Å². The quantitative estimate of drug-likeness (QED) is 0.857. The van der Waals surface area contributed by atoms with Crippen molar-refractivity contribution in [3.05, 3.63) is 35.4 Å². The third-order valence-electron chi connectivity index (χ3n) is 5.72. The third kappa shape index (κ3) is 3.34. The standard InChI is InChI=1S/C19H27N5O/c1-13-8-14(2)24(21-13)11-15-4-6-23(7-5-15)19(25)18-9-17(18)16-10-20-22(3)12-16/h8,10,12,15,17-18H,4-7,9,11H2,1-3H3/t17-,18+/m0/s1. The molecule has 0 N–H and O–H groups in total. The van der Waals surface area contributed by atoms with Crippen molar-refractivity contribution < 1.29 is 4.79 Å². The van der Waals surface area contributed by atoms with Crippen molar-refractivity contribution in [3.8, 4) is 0 Å². The molecule has 0 unspecified atom stereocenters. The Kier molecular flexibility index (Phi) is 4.13. The van der Waals surface area contributed by atoms with Crippen LogP contribution >= 0.6 is 0 Å². The zero-order valence-electron chi connectivity index (χ0n) is 15.4. The summed E-state index contributed by atoms with van der Waals surface area (Å²) in [6, 6.07) is 2.13. The zero-order chi connectivity index (χ0) is 17.6. The highest BCUT2D eigenvalue weighted by Crippen LogP contribution is 2.48. The van der Waals surface area contributed by atoms with Gasteiger partial charge in [0.05, 0.1) is 11.9 Å². The van der Waals surface area contributed by atoms with Crippen molar-refractivity contribution in [1.82, 2.24) is 24.5 Å². The fourth-order valence-corrected chi connectivity index (χ4v) is 4.14. The second kappa shape index (κ2) is 6.32. The molecule has 3 heterocycles. The predicted octanol–water partition coefficient (Wildman–Crippen LogP) is 2.28. The van der Waals surface area contributed by atoms with Crippen LogP contribution in [0.2, 0.25) is 0 Å². The molecule has 1 aliphatic carbocycles. The van der Waals surface area contributed by atoms with Crippen LogP contribution < -0.4 is 0 Å². The Balaban J connectivity index is 1.29. The maximum Gasteiger partial charge on any atom is 0.226 e. The Labute approximate surface area is 148 Å². The van der Waals surface area contributed by atoms with Crippen LogP contribution in [0.3, 0.4) is 0 Å². The van der Waals surface area contributed by atoms with Crippen LogP contribution in [0.4, 0.5) is 0 Å². The SMILES string of the molecule is Cc1cc(C)n(CC2CCN(C(=O)[C@@H]3C[C@H]3c3cnn(C)c3)CC2)n1. The lowest BCUT2D eigenvalue weighted by atomic mass is 9.96. The molecule has 2 atom stereocenters. The second-order valence-corrected chi connectivity index (χ2v) is 7.77. The van der Waals surface area contributed by atoms with Crippen LogP contribution in [0.25, 0.3) is 0 Å². The highest BCUT2D eigenvalue weighted by molar-refractivity contribution is 5.83. The lowest BCUT2D eigenvalue weighted by Crippen LogP contribution is -2.40. The molecule has 1 amide bonds. The number of hydrogen-bond acceptors (Lipinski definition) is 3. The van der Waals surface area contributed by atoms with Gasteiger partial charge in [0.2, 0.25) is 5.91 Å². The molecule has 0 radical (unpaired) electrons. The molecule has 1 aliphatic heterocycles. The van der Waals surface area contributed by atoms with E-state index in [1.807, 2.05) is 31.0 Å². The highest BCUT2D eigenvalue weighted by atomic mass is 16.2. The Morgan fingerprint density at radius 2 is 2.04 bits per heavy atom. The smallest absolute Gasteiger partial charge is 0.226 e. The van der Waals surface area contributed by atoms with E-state index in [1.54, 1.807) is 0 Å². The van der Waals surface area contributed by atoms with Crippen LogP contribution in [-0.2, 0) is 18.4 Å². The minimum atomic E-state index is 0.178. The molecular formula is C19H27N5O. The Morgan fingerprint density at radius 3 is 2.64 bits per heavy atom. The number of piperidine rings is 1. The molecule has 0 bridgehead atoms. The number of rotatable bonds is 4. The Hall–Kier alpha value is -2.11. The molecule has 6 nitrogen and oxygen atoms in total. The van der Waals surface area contributed by atoms with Crippen LogP contribution in [0.1, 0.15) is 42.1 Å². The van der Waals surface area contributed by atoms with E-state index in [0.29, 0.717) is 17.7 Å². The average Bonchev–Trinajstić information content (AvgIpc) is 3.17. The summed E-state index contributed by atoms with van der Waals surface area (Å²) in [4.78, 5) is 14.8. The van der Waals surface area contributed by atoms with Gasteiger partial charge in [0.25, 0.3) is 0 Å². The number of nitrogens with zero attached hydrogens (tertiary/aromatic N) is 5. The van der Waals surface area contributed by atoms with E-state index in [0.717, 1.165) is 44.6 Å². The molecule has 1 saturated carbocycles. The summed E-state index contributed by atoms with van der Waals surface area (Å²) < 4.78 is 3.94. The van der Waals surface area contributed by atoms with Gasteiger partial charge in [-0.1, -0.05) is 0 Å². The number of carbonyl (C=O) groups is 1. The monoisotopic (exact) mass is 341 g/mol. The highest BCUT2D eigenvalue weighted by Gasteiger charge is 2.46. The fourth-order valence-electron chi connectivity index (χ4n) is 4.14. The molecule has 25 heavy (non-hydrogen) atoms. The van der Waals surface area contributed by atoms with Crippen LogP contribution in [0.5, 0.6) is 0 Å². The van der Waals surface area contributed by atoms with Crippen molar-refractivity contribution >= 4 is 5.91 Å². The van der Waals surface area contributed by atoms with E-state index in [2.05, 4.69) is 32.8 Å².